The fourth-order valence-electron chi connectivity index (χ4n) is 5.00. The second-order valence-electron chi connectivity index (χ2n) is 8.93. The van der Waals surface area contributed by atoms with Gasteiger partial charge in [-0.25, -0.2) is 4.31 Å². The van der Waals surface area contributed by atoms with E-state index in [-0.39, 0.29) is 35.8 Å². The Morgan fingerprint density at radius 2 is 1.93 bits per heavy atom. The fraction of sp³-hybridized carbons (Fsp3) is 0.565. The molecule has 3 fully saturated rings. The number of hydrogen-bond donors (Lipinski definition) is 1. The van der Waals surface area contributed by atoms with Crippen molar-refractivity contribution in [2.75, 3.05) is 6.54 Å². The van der Waals surface area contributed by atoms with Crippen LogP contribution in [0.4, 0.5) is 0 Å². The van der Waals surface area contributed by atoms with Crippen LogP contribution in [-0.2, 0) is 16.3 Å². The highest BCUT2D eigenvalue weighted by molar-refractivity contribution is 7.97. The topological polar surface area (TPSA) is 77.6 Å². The molecule has 160 valence electrons. The molecule has 1 spiro atoms. The molecule has 6 nitrogen and oxygen atoms in total. The number of nitrogens with two attached hydrogens (primary N) is 1. The van der Waals surface area contributed by atoms with E-state index in [1.165, 1.54) is 11.0 Å². The van der Waals surface area contributed by atoms with Crippen LogP contribution >= 0.6 is 11.9 Å². The van der Waals surface area contributed by atoms with Crippen LogP contribution in [0.1, 0.15) is 51.4 Å². The zero-order chi connectivity index (χ0) is 20.7. The monoisotopic (exact) mass is 427 g/mol. The zero-order valence-electron chi connectivity index (χ0n) is 17.2. The number of benzene rings is 1. The maximum atomic E-state index is 13.0. The summed E-state index contributed by atoms with van der Waals surface area (Å²) in [6, 6.07) is 8.06. The molecule has 0 bridgehead atoms. The van der Waals surface area contributed by atoms with Crippen LogP contribution in [0.15, 0.2) is 40.2 Å². The number of carbonyl (C=O) groups is 1. The van der Waals surface area contributed by atoms with Crippen molar-refractivity contribution in [1.29, 1.82) is 0 Å². The number of pyridine rings is 1. The molecule has 0 amide bonds. The highest BCUT2D eigenvalue weighted by Gasteiger charge is 2.56. The maximum absolute atomic E-state index is 13.0. The zero-order valence-corrected chi connectivity index (χ0v) is 18.0. The maximum Gasteiger partial charge on any atom is 0.310 e. The summed E-state index contributed by atoms with van der Waals surface area (Å²) >= 11 is 1.73. The van der Waals surface area contributed by atoms with E-state index in [4.69, 9.17) is 10.5 Å². The number of nitrogens with zero attached hydrogens (tertiary/aromatic N) is 2. The van der Waals surface area contributed by atoms with Gasteiger partial charge >= 0.3 is 5.97 Å². The van der Waals surface area contributed by atoms with Crippen molar-refractivity contribution in [3.8, 4) is 0 Å². The number of fused-ring (bicyclic) bond motifs is 1. The third kappa shape index (κ3) is 3.57. The first kappa shape index (κ1) is 20.1. The summed E-state index contributed by atoms with van der Waals surface area (Å²) in [4.78, 5) is 26.4. The molecule has 1 aromatic heterocycles. The minimum absolute atomic E-state index is 0.0144. The second kappa shape index (κ2) is 8.02. The largest absolute Gasteiger partial charge is 0.444 e. The predicted molar refractivity (Wildman–Crippen MR) is 118 cm³/mol. The molecule has 2 aromatic rings. The van der Waals surface area contributed by atoms with Gasteiger partial charge in [-0.2, -0.15) is 0 Å². The summed E-state index contributed by atoms with van der Waals surface area (Å²) in [5.74, 6) is -0.189. The van der Waals surface area contributed by atoms with E-state index in [1.54, 1.807) is 18.1 Å². The Labute approximate surface area is 180 Å². The van der Waals surface area contributed by atoms with Crippen LogP contribution in [0.2, 0.25) is 0 Å². The Hall–Kier alpha value is -1.83. The molecule has 3 aliphatic rings. The van der Waals surface area contributed by atoms with Crippen LogP contribution in [0.3, 0.4) is 0 Å². The highest BCUT2D eigenvalue weighted by Crippen LogP contribution is 2.53. The van der Waals surface area contributed by atoms with Crippen molar-refractivity contribution < 1.29 is 9.53 Å². The number of aromatic nitrogens is 1. The minimum atomic E-state index is -0.175. The molecule has 7 heteroatoms. The van der Waals surface area contributed by atoms with Crippen molar-refractivity contribution in [2.45, 2.75) is 74.6 Å². The Kier molecular flexibility index (Phi) is 5.37. The molecule has 5 rings (SSSR count). The van der Waals surface area contributed by atoms with Crippen molar-refractivity contribution in [3.05, 3.63) is 40.8 Å². The average Bonchev–Trinajstić information content (AvgIpc) is 3.53. The van der Waals surface area contributed by atoms with Gasteiger partial charge in [0.15, 0.2) is 6.73 Å². The average molecular weight is 428 g/mol. The van der Waals surface area contributed by atoms with Gasteiger partial charge in [0.1, 0.15) is 0 Å². The van der Waals surface area contributed by atoms with Gasteiger partial charge in [0.25, 0.3) is 5.56 Å². The number of esters is 1. The van der Waals surface area contributed by atoms with E-state index in [0.717, 1.165) is 61.8 Å². The van der Waals surface area contributed by atoms with Gasteiger partial charge in [-0.3, -0.25) is 14.2 Å². The van der Waals surface area contributed by atoms with Gasteiger partial charge < -0.3 is 10.5 Å². The molecule has 0 radical (unpaired) electrons. The van der Waals surface area contributed by atoms with E-state index in [9.17, 15) is 9.59 Å². The molecule has 1 unspecified atom stereocenters. The standard InChI is InChI=1S/C23H29N3O3S/c24-20-10-14-26(23(20)11-12-23)30-19-8-4-7-18-17(19)9-13-25(21(18)27)15-29-22(28)16-5-2-1-3-6-16/h4,7-9,13,16,20H,1-3,5-6,10-12,14-15,24H2. The molecule has 1 aromatic carbocycles. The summed E-state index contributed by atoms with van der Waals surface area (Å²) in [5.41, 5.74) is 6.37. The lowest BCUT2D eigenvalue weighted by atomic mass is 9.89. The second-order valence-corrected chi connectivity index (χ2v) is 9.99. The molecule has 2 saturated carbocycles. The van der Waals surface area contributed by atoms with Crippen LogP contribution < -0.4 is 11.3 Å². The van der Waals surface area contributed by atoms with Gasteiger partial charge in [0.05, 0.1) is 5.92 Å². The molecule has 30 heavy (non-hydrogen) atoms. The van der Waals surface area contributed by atoms with E-state index < -0.39 is 0 Å². The van der Waals surface area contributed by atoms with Crippen molar-refractivity contribution in [3.63, 3.8) is 0 Å². The predicted octanol–water partition coefficient (Wildman–Crippen LogP) is 3.66. The summed E-state index contributed by atoms with van der Waals surface area (Å²) in [6.07, 6.45) is 10.2. The molecule has 1 aliphatic heterocycles. The highest BCUT2D eigenvalue weighted by atomic mass is 32.2. The Morgan fingerprint density at radius 1 is 1.13 bits per heavy atom. The number of hydrogen-bond acceptors (Lipinski definition) is 6. The van der Waals surface area contributed by atoms with E-state index >= 15 is 0 Å². The molecule has 1 saturated heterocycles. The van der Waals surface area contributed by atoms with Crippen molar-refractivity contribution in [2.24, 2.45) is 11.7 Å². The number of ether oxygens (including phenoxy) is 1. The molecule has 1 atom stereocenters. The van der Waals surface area contributed by atoms with Gasteiger partial charge in [0, 0.05) is 40.0 Å². The minimum Gasteiger partial charge on any atom is -0.444 e. The summed E-state index contributed by atoms with van der Waals surface area (Å²) < 4.78 is 9.39. The van der Waals surface area contributed by atoms with Crippen molar-refractivity contribution >= 4 is 28.7 Å². The van der Waals surface area contributed by atoms with Crippen LogP contribution in [0, 0.1) is 5.92 Å². The van der Waals surface area contributed by atoms with Crippen LogP contribution in [0.5, 0.6) is 0 Å². The molecule has 2 aliphatic carbocycles. The Bertz CT molecular complexity index is 1010. The van der Waals surface area contributed by atoms with Gasteiger partial charge in [-0.15, -0.1) is 0 Å². The molecular formula is C23H29N3O3S. The van der Waals surface area contributed by atoms with E-state index in [0.29, 0.717) is 5.39 Å². The van der Waals surface area contributed by atoms with E-state index in [2.05, 4.69) is 10.4 Å². The van der Waals surface area contributed by atoms with Crippen molar-refractivity contribution in [1.82, 2.24) is 8.87 Å². The lowest BCUT2D eigenvalue weighted by Crippen LogP contribution is -2.38. The quantitative estimate of drug-likeness (QED) is 0.580. The summed E-state index contributed by atoms with van der Waals surface area (Å²) in [7, 11) is 0. The first-order valence-corrected chi connectivity index (χ1v) is 11.9. The van der Waals surface area contributed by atoms with Gasteiger partial charge in [-0.05, 0) is 62.3 Å². The van der Waals surface area contributed by atoms with Gasteiger partial charge in [-0.1, -0.05) is 25.3 Å². The van der Waals surface area contributed by atoms with Crippen LogP contribution in [-0.4, -0.2) is 33.0 Å². The SMILES string of the molecule is NC1CCN(Sc2cccc3c(=O)n(COC(=O)C4CCCCC4)ccc23)C12CC2. The Balaban J connectivity index is 1.33. The smallest absolute Gasteiger partial charge is 0.310 e. The molecular weight excluding hydrogens is 398 g/mol. The number of rotatable bonds is 5. The lowest BCUT2D eigenvalue weighted by Gasteiger charge is -2.25. The summed E-state index contributed by atoms with van der Waals surface area (Å²) in [5, 5.41) is 1.60. The van der Waals surface area contributed by atoms with Gasteiger partial charge in [0.2, 0.25) is 0 Å². The normalized spacial score (nSPS) is 23.8. The first-order valence-electron chi connectivity index (χ1n) is 11.1. The summed E-state index contributed by atoms with van der Waals surface area (Å²) in [6.45, 7) is 0.960. The van der Waals surface area contributed by atoms with E-state index in [1.807, 2.05) is 18.2 Å². The van der Waals surface area contributed by atoms with Crippen LogP contribution in [0.25, 0.3) is 10.8 Å². The molecule has 2 N–H and O–H groups in total. The lowest BCUT2D eigenvalue weighted by molar-refractivity contribution is -0.153. The Morgan fingerprint density at radius 3 is 2.70 bits per heavy atom. The third-order valence-corrected chi connectivity index (χ3v) is 8.38. The fourth-order valence-corrected chi connectivity index (χ4v) is 6.35. The first-order chi connectivity index (χ1) is 14.6. The third-order valence-electron chi connectivity index (χ3n) is 7.06. The molecule has 2 heterocycles. The number of carbonyl (C=O) groups excluding carboxylic acids is 1.